The summed E-state index contributed by atoms with van der Waals surface area (Å²) in [5.41, 5.74) is 2.32. The molecule has 0 amide bonds. The van der Waals surface area contributed by atoms with Gasteiger partial charge >= 0.3 is 0 Å². The lowest BCUT2D eigenvalue weighted by molar-refractivity contribution is 0.271. The highest BCUT2D eigenvalue weighted by molar-refractivity contribution is 14.0. The molecule has 0 radical (unpaired) electrons. The van der Waals surface area contributed by atoms with Crippen LogP contribution in [0.5, 0.6) is 5.75 Å². The molecule has 1 heterocycles. The van der Waals surface area contributed by atoms with Crippen molar-refractivity contribution < 1.29 is 4.74 Å². The van der Waals surface area contributed by atoms with Gasteiger partial charge in [0.1, 0.15) is 5.75 Å². The molecule has 1 aromatic carbocycles. The summed E-state index contributed by atoms with van der Waals surface area (Å²) in [6.07, 6.45) is 0.896. The molecule has 0 atom stereocenters. The van der Waals surface area contributed by atoms with Crippen molar-refractivity contribution in [3.63, 3.8) is 0 Å². The summed E-state index contributed by atoms with van der Waals surface area (Å²) < 4.78 is 5.70. The van der Waals surface area contributed by atoms with Crippen molar-refractivity contribution in [3.8, 4) is 5.75 Å². The Bertz CT molecular complexity index is 670. The maximum Gasteiger partial charge on any atom is 0.191 e. The number of hydrogen-bond acceptors (Lipinski definition) is 4. The number of thiazole rings is 1. The summed E-state index contributed by atoms with van der Waals surface area (Å²) in [5.74, 6) is 2.24. The number of rotatable bonds is 8. The van der Waals surface area contributed by atoms with E-state index in [4.69, 9.17) is 4.74 Å². The molecule has 26 heavy (non-hydrogen) atoms. The number of aliphatic imine (C=N–C) groups is 1. The predicted molar refractivity (Wildman–Crippen MR) is 121 cm³/mol. The van der Waals surface area contributed by atoms with Crippen molar-refractivity contribution in [1.29, 1.82) is 0 Å². The fourth-order valence-corrected chi connectivity index (χ4v) is 2.85. The molecule has 0 unspecified atom stereocenters. The highest BCUT2D eigenvalue weighted by Crippen LogP contribution is 2.13. The van der Waals surface area contributed by atoms with Gasteiger partial charge in [-0.05, 0) is 30.5 Å². The topological polar surface area (TPSA) is 58.5 Å². The largest absolute Gasteiger partial charge is 0.493 e. The minimum Gasteiger partial charge on any atom is -0.493 e. The average Bonchev–Trinajstić information content (AvgIpc) is 3.02. The van der Waals surface area contributed by atoms with E-state index in [0.717, 1.165) is 48.5 Å². The molecule has 0 bridgehead atoms. The maximum atomic E-state index is 5.70. The van der Waals surface area contributed by atoms with E-state index < -0.39 is 0 Å². The van der Waals surface area contributed by atoms with Gasteiger partial charge in [-0.15, -0.1) is 35.3 Å². The normalized spacial score (nSPS) is 11.2. The second kappa shape index (κ2) is 12.1. The molecule has 0 aliphatic heterocycles. The highest BCUT2D eigenvalue weighted by atomic mass is 127. The van der Waals surface area contributed by atoms with E-state index in [1.165, 1.54) is 5.56 Å². The first-order valence-corrected chi connectivity index (χ1v) is 9.52. The summed E-state index contributed by atoms with van der Waals surface area (Å²) >= 11 is 1.69. The van der Waals surface area contributed by atoms with Gasteiger partial charge in [-0.3, -0.25) is 4.99 Å². The Morgan fingerprint density at radius 1 is 1.23 bits per heavy atom. The van der Waals surface area contributed by atoms with Crippen molar-refractivity contribution in [1.82, 2.24) is 15.6 Å². The van der Waals surface area contributed by atoms with Crippen LogP contribution in [0.25, 0.3) is 0 Å². The Labute approximate surface area is 177 Å². The number of hydrogen-bond donors (Lipinski definition) is 2. The van der Waals surface area contributed by atoms with Crippen molar-refractivity contribution in [2.75, 3.05) is 20.2 Å². The molecule has 0 saturated carbocycles. The number of nitrogens with zero attached hydrogens (tertiary/aromatic N) is 2. The third kappa shape index (κ3) is 8.35. The van der Waals surface area contributed by atoms with Crippen LogP contribution in [0.3, 0.4) is 0 Å². The molecule has 5 nitrogen and oxygen atoms in total. The lowest BCUT2D eigenvalue weighted by Crippen LogP contribution is -2.37. The molecule has 2 rings (SSSR count). The smallest absolute Gasteiger partial charge is 0.191 e. The molecule has 7 heteroatoms. The summed E-state index contributed by atoms with van der Waals surface area (Å²) in [7, 11) is 1.78. The fraction of sp³-hybridized carbons (Fsp3) is 0.474. The van der Waals surface area contributed by atoms with Gasteiger partial charge in [0.2, 0.25) is 0 Å². The van der Waals surface area contributed by atoms with Crippen molar-refractivity contribution in [3.05, 3.63) is 45.9 Å². The van der Waals surface area contributed by atoms with Crippen LogP contribution in [-0.4, -0.2) is 31.1 Å². The van der Waals surface area contributed by atoms with Crippen LogP contribution in [0.15, 0.2) is 34.6 Å². The number of halogens is 1. The van der Waals surface area contributed by atoms with Gasteiger partial charge in [0.15, 0.2) is 5.96 Å². The van der Waals surface area contributed by atoms with Gasteiger partial charge < -0.3 is 15.4 Å². The SMILES string of the molecule is CN=C(NCCc1csc(C)n1)NCc1ccc(OCC(C)C)cc1.I. The van der Waals surface area contributed by atoms with E-state index in [9.17, 15) is 0 Å². The Kier molecular flexibility index (Phi) is 10.6. The first-order valence-electron chi connectivity index (χ1n) is 8.64. The van der Waals surface area contributed by atoms with Gasteiger partial charge in [-0.2, -0.15) is 0 Å². The number of benzene rings is 1. The number of guanidine groups is 1. The molecule has 0 spiro atoms. The minimum atomic E-state index is 0. The Balaban J connectivity index is 0.00000338. The van der Waals surface area contributed by atoms with Crippen LogP contribution in [-0.2, 0) is 13.0 Å². The first-order chi connectivity index (χ1) is 12.1. The summed E-state index contributed by atoms with van der Waals surface area (Å²) in [4.78, 5) is 8.73. The van der Waals surface area contributed by atoms with Gasteiger partial charge in [0, 0.05) is 31.9 Å². The fourth-order valence-electron chi connectivity index (χ4n) is 2.20. The molecule has 1 aromatic heterocycles. The third-order valence-corrected chi connectivity index (χ3v) is 4.35. The number of nitrogens with one attached hydrogen (secondary N) is 2. The molecule has 0 aliphatic rings. The minimum absolute atomic E-state index is 0. The summed E-state index contributed by atoms with van der Waals surface area (Å²) in [6.45, 7) is 8.59. The molecule has 0 aliphatic carbocycles. The van der Waals surface area contributed by atoms with E-state index in [0.29, 0.717) is 5.92 Å². The Hall–Kier alpha value is -1.35. The van der Waals surface area contributed by atoms with Crippen LogP contribution in [0.1, 0.15) is 30.1 Å². The molecule has 2 aromatic rings. The van der Waals surface area contributed by atoms with Crippen molar-refractivity contribution >= 4 is 41.3 Å². The second-order valence-corrected chi connectivity index (χ2v) is 7.37. The summed E-state index contributed by atoms with van der Waals surface area (Å²) in [5, 5.41) is 9.86. The number of aryl methyl sites for hydroxylation is 1. The molecular weight excluding hydrogens is 459 g/mol. The standard InChI is InChI=1S/C19H28N4OS.HI/c1-14(2)12-24-18-7-5-16(6-8-18)11-22-19(20-4)21-10-9-17-13-25-15(3)23-17;/h5-8,13-14H,9-12H2,1-4H3,(H2,20,21,22);1H. The number of aromatic nitrogens is 1. The van der Waals surface area contributed by atoms with Gasteiger partial charge in [-0.25, -0.2) is 4.98 Å². The molecule has 0 saturated heterocycles. The summed E-state index contributed by atoms with van der Waals surface area (Å²) in [6, 6.07) is 8.18. The van der Waals surface area contributed by atoms with Crippen LogP contribution in [0.2, 0.25) is 0 Å². The molecule has 2 N–H and O–H groups in total. The highest BCUT2D eigenvalue weighted by Gasteiger charge is 2.02. The van der Waals surface area contributed by atoms with E-state index >= 15 is 0 Å². The quantitative estimate of drug-likeness (QED) is 0.335. The monoisotopic (exact) mass is 488 g/mol. The van der Waals surface area contributed by atoms with E-state index in [-0.39, 0.29) is 24.0 Å². The van der Waals surface area contributed by atoms with Crippen molar-refractivity contribution in [2.45, 2.75) is 33.7 Å². The second-order valence-electron chi connectivity index (χ2n) is 6.31. The first kappa shape index (κ1) is 22.7. The van der Waals surface area contributed by atoms with E-state index in [1.807, 2.05) is 19.1 Å². The van der Waals surface area contributed by atoms with Crippen molar-refractivity contribution in [2.24, 2.45) is 10.9 Å². The third-order valence-electron chi connectivity index (χ3n) is 3.53. The van der Waals surface area contributed by atoms with Crippen LogP contribution in [0, 0.1) is 12.8 Å². The van der Waals surface area contributed by atoms with Crippen LogP contribution >= 0.6 is 35.3 Å². The number of ether oxygens (including phenoxy) is 1. The predicted octanol–water partition coefficient (Wildman–Crippen LogP) is 4.01. The lowest BCUT2D eigenvalue weighted by Gasteiger charge is -2.12. The van der Waals surface area contributed by atoms with Crippen LogP contribution in [0.4, 0.5) is 0 Å². The zero-order chi connectivity index (χ0) is 18.1. The van der Waals surface area contributed by atoms with E-state index in [1.54, 1.807) is 18.4 Å². The zero-order valence-electron chi connectivity index (χ0n) is 15.9. The van der Waals surface area contributed by atoms with Crippen LogP contribution < -0.4 is 15.4 Å². The van der Waals surface area contributed by atoms with Gasteiger partial charge in [0.25, 0.3) is 0 Å². The maximum absolute atomic E-state index is 5.70. The average molecular weight is 488 g/mol. The Morgan fingerprint density at radius 3 is 2.54 bits per heavy atom. The zero-order valence-corrected chi connectivity index (χ0v) is 19.1. The Morgan fingerprint density at radius 2 is 1.96 bits per heavy atom. The molecule has 0 fully saturated rings. The van der Waals surface area contributed by atoms with Gasteiger partial charge in [-0.1, -0.05) is 26.0 Å². The molecule has 144 valence electrons. The lowest BCUT2D eigenvalue weighted by atomic mass is 10.2. The molecular formula is C19H29IN4OS. The van der Waals surface area contributed by atoms with Gasteiger partial charge in [0.05, 0.1) is 17.3 Å². The van der Waals surface area contributed by atoms with E-state index in [2.05, 4.69) is 52.0 Å².